The van der Waals surface area contributed by atoms with E-state index in [4.69, 9.17) is 14.2 Å². The largest absolute Gasteiger partial charge is 0.516 e. The van der Waals surface area contributed by atoms with Gasteiger partial charge in [0.25, 0.3) is 0 Å². The summed E-state index contributed by atoms with van der Waals surface area (Å²) in [5, 5.41) is 21.4. The van der Waals surface area contributed by atoms with Gasteiger partial charge in [0.1, 0.15) is 30.8 Å². The van der Waals surface area contributed by atoms with Crippen LogP contribution < -0.4 is 0 Å². The van der Waals surface area contributed by atoms with Crippen molar-refractivity contribution in [3.05, 3.63) is 71.4 Å². The molecular weight excluding hydrogens is 609 g/mol. The molecule has 1 amide bonds. The van der Waals surface area contributed by atoms with Crippen LogP contribution in [0, 0.1) is 11.8 Å². The molecule has 10 nitrogen and oxygen atoms in total. The lowest BCUT2D eigenvalue weighted by Crippen LogP contribution is -2.45. The fourth-order valence-electron chi connectivity index (χ4n) is 6.42. The van der Waals surface area contributed by atoms with Crippen molar-refractivity contribution in [3.63, 3.8) is 0 Å². The molecule has 0 bridgehead atoms. The number of ether oxygens (including phenoxy) is 3. The van der Waals surface area contributed by atoms with Gasteiger partial charge in [0.15, 0.2) is 5.78 Å². The Balaban J connectivity index is 1.15. The molecule has 0 radical (unpaired) electrons. The highest BCUT2D eigenvalue weighted by Gasteiger charge is 2.49. The Labute approximate surface area is 269 Å². The van der Waals surface area contributed by atoms with Crippen molar-refractivity contribution in [2.75, 3.05) is 33.1 Å². The van der Waals surface area contributed by atoms with Crippen LogP contribution in [0.5, 0.6) is 0 Å². The van der Waals surface area contributed by atoms with Crippen molar-refractivity contribution in [1.29, 1.82) is 0 Å². The normalized spacial score (nSPS) is 25.1. The van der Waals surface area contributed by atoms with Gasteiger partial charge in [-0.15, -0.1) is 13.2 Å². The van der Waals surface area contributed by atoms with Crippen molar-refractivity contribution < 1.29 is 43.6 Å². The minimum atomic E-state index is -1.40. The standard InChI is InChI=1S/C35H42NO9P/c1-20(34(41)45-35(42)43-19-27-23-12-8-6-10-21(23)22-11-7-9-13-24(22)27)14-15-25-29(37)26(18-36(2)33(25)40)32-31(39)30(38)28(44-32)16-17-46(3,4)5/h6-13,18,20,25,27-28,30-32,38-39H,3,14-17,19H2,1-2,4-5H3/t20?,25?,28-,30-,31-,32+/m1/s1. The molecule has 2 unspecified atom stereocenters. The van der Waals surface area contributed by atoms with Gasteiger partial charge in [-0.1, -0.05) is 55.5 Å². The Morgan fingerprint density at radius 1 is 0.978 bits per heavy atom. The molecule has 1 fully saturated rings. The zero-order valence-corrected chi connectivity index (χ0v) is 27.5. The summed E-state index contributed by atoms with van der Waals surface area (Å²) in [4.78, 5) is 53.0. The van der Waals surface area contributed by atoms with Crippen LogP contribution in [0.25, 0.3) is 11.1 Å². The molecule has 0 aromatic heterocycles. The number of hydrogen-bond donors (Lipinski definition) is 2. The summed E-state index contributed by atoms with van der Waals surface area (Å²) in [6.45, 7) is 4.28. The van der Waals surface area contributed by atoms with E-state index in [0.717, 1.165) is 28.4 Å². The van der Waals surface area contributed by atoms with Crippen LogP contribution in [0.15, 0.2) is 60.3 Å². The van der Waals surface area contributed by atoms with Gasteiger partial charge >= 0.3 is 12.1 Å². The lowest BCUT2D eigenvalue weighted by Gasteiger charge is -2.30. The fraction of sp³-hybridized carbons (Fsp3) is 0.457. The van der Waals surface area contributed by atoms with Gasteiger partial charge in [0.05, 0.1) is 12.0 Å². The molecule has 246 valence electrons. The number of fused-ring (bicyclic) bond motifs is 3. The van der Waals surface area contributed by atoms with E-state index in [9.17, 15) is 29.4 Å². The minimum Gasteiger partial charge on any atom is -0.433 e. The number of aliphatic hydroxyl groups excluding tert-OH is 2. The van der Waals surface area contributed by atoms with Crippen LogP contribution in [-0.4, -0.2) is 103 Å². The Hall–Kier alpha value is -3.56. The molecule has 0 spiro atoms. The number of rotatable bonds is 10. The minimum absolute atomic E-state index is 0.000330. The van der Waals surface area contributed by atoms with E-state index in [0.29, 0.717) is 6.42 Å². The number of nitrogens with zero attached hydrogens (tertiary/aromatic N) is 1. The van der Waals surface area contributed by atoms with E-state index in [1.165, 1.54) is 18.1 Å². The Morgan fingerprint density at radius 3 is 2.20 bits per heavy atom. The molecule has 2 heterocycles. The van der Waals surface area contributed by atoms with Crippen molar-refractivity contribution in [3.8, 4) is 11.1 Å². The van der Waals surface area contributed by atoms with E-state index in [1.54, 1.807) is 6.92 Å². The number of carbonyl (C=O) groups is 4. The van der Waals surface area contributed by atoms with Gasteiger partial charge in [0, 0.05) is 24.7 Å². The Kier molecular flexibility index (Phi) is 10.0. The van der Waals surface area contributed by atoms with E-state index < -0.39 is 67.0 Å². The molecule has 1 saturated heterocycles. The first-order valence-corrected chi connectivity index (χ1v) is 18.6. The first kappa shape index (κ1) is 33.8. The summed E-state index contributed by atoms with van der Waals surface area (Å²) < 4.78 is 16.3. The van der Waals surface area contributed by atoms with Crippen molar-refractivity contribution in [2.45, 2.75) is 56.5 Å². The molecule has 0 saturated carbocycles. The molecule has 2 aliphatic heterocycles. The van der Waals surface area contributed by atoms with Crippen LogP contribution in [-0.2, 0) is 28.6 Å². The topological polar surface area (TPSA) is 140 Å². The van der Waals surface area contributed by atoms with Crippen LogP contribution in [0.1, 0.15) is 43.2 Å². The number of Topliss-reactive ketones (excluding diaryl/α,β-unsaturated/α-hetero) is 1. The Morgan fingerprint density at radius 2 is 1.59 bits per heavy atom. The number of carbonyl (C=O) groups excluding carboxylic acids is 4. The van der Waals surface area contributed by atoms with Gasteiger partial charge in [0.2, 0.25) is 5.91 Å². The number of esters is 1. The lowest BCUT2D eigenvalue weighted by atomic mass is 9.84. The molecule has 11 heteroatoms. The summed E-state index contributed by atoms with van der Waals surface area (Å²) in [7, 11) is 1.50. The third kappa shape index (κ3) is 7.05. The highest BCUT2D eigenvalue weighted by Crippen LogP contribution is 2.44. The second-order valence-corrected chi connectivity index (χ2v) is 17.5. The van der Waals surface area contributed by atoms with Crippen LogP contribution in [0.3, 0.4) is 0 Å². The summed E-state index contributed by atoms with van der Waals surface area (Å²) in [6.07, 6.45) is 1.46. The maximum absolute atomic E-state index is 13.5. The Bertz CT molecular complexity index is 1550. The first-order chi connectivity index (χ1) is 21.8. The van der Waals surface area contributed by atoms with E-state index in [1.807, 2.05) is 48.5 Å². The summed E-state index contributed by atoms with van der Waals surface area (Å²) in [5.41, 5.74) is 4.30. The second-order valence-electron chi connectivity index (χ2n) is 13.2. The highest BCUT2D eigenvalue weighted by molar-refractivity contribution is 7.72. The zero-order valence-electron chi connectivity index (χ0n) is 26.6. The smallest absolute Gasteiger partial charge is 0.433 e. The van der Waals surface area contributed by atoms with Crippen molar-refractivity contribution in [1.82, 2.24) is 4.90 Å². The van der Waals surface area contributed by atoms with Gasteiger partial charge in [-0.05, 0) is 61.0 Å². The predicted molar refractivity (Wildman–Crippen MR) is 175 cm³/mol. The highest BCUT2D eigenvalue weighted by atomic mass is 31.2. The van der Waals surface area contributed by atoms with Crippen LogP contribution in [0.4, 0.5) is 4.79 Å². The molecule has 2 aromatic rings. The second kappa shape index (κ2) is 13.7. The van der Waals surface area contributed by atoms with E-state index >= 15 is 0 Å². The SMILES string of the molecule is C=P(C)(C)CC[C@H]1O[C@@H](C2=CN(C)C(=O)C(CCC(C)C(=O)OC(=O)OCC3c4ccccc4-c4ccccc43)C2=O)[C@H](O)[C@@H]1O. The summed E-state index contributed by atoms with van der Waals surface area (Å²) >= 11 is 0. The van der Waals surface area contributed by atoms with Gasteiger partial charge in [-0.25, -0.2) is 4.79 Å². The monoisotopic (exact) mass is 651 g/mol. The van der Waals surface area contributed by atoms with Crippen LogP contribution >= 0.6 is 6.89 Å². The predicted octanol–water partition coefficient (Wildman–Crippen LogP) is 4.02. The van der Waals surface area contributed by atoms with Crippen LogP contribution in [0.2, 0.25) is 0 Å². The molecule has 6 atom stereocenters. The third-order valence-electron chi connectivity index (χ3n) is 9.07. The summed E-state index contributed by atoms with van der Waals surface area (Å²) in [6, 6.07) is 15.8. The molecule has 5 rings (SSSR count). The maximum Gasteiger partial charge on any atom is 0.516 e. The molecule has 2 aromatic carbocycles. The molecule has 2 N–H and O–H groups in total. The number of benzene rings is 2. The average molecular weight is 652 g/mol. The molecule has 1 aliphatic carbocycles. The number of ketones is 1. The molecular formula is C35H42NO9P. The molecule has 46 heavy (non-hydrogen) atoms. The zero-order chi connectivity index (χ0) is 33.3. The maximum atomic E-state index is 13.5. The van der Waals surface area contributed by atoms with Gasteiger partial charge in [-0.2, -0.15) is 0 Å². The van der Waals surface area contributed by atoms with Crippen molar-refractivity contribution >= 4 is 37.0 Å². The average Bonchev–Trinajstić information content (AvgIpc) is 3.49. The quantitative estimate of drug-likeness (QED) is 0.222. The number of aliphatic hydroxyl groups is 2. The van der Waals surface area contributed by atoms with E-state index in [-0.39, 0.29) is 30.9 Å². The van der Waals surface area contributed by atoms with E-state index in [2.05, 4.69) is 19.6 Å². The third-order valence-corrected chi connectivity index (χ3v) is 10.5. The number of amides is 1. The van der Waals surface area contributed by atoms with Gasteiger partial charge < -0.3 is 29.3 Å². The first-order valence-electron chi connectivity index (χ1n) is 15.5. The molecule has 3 aliphatic rings. The van der Waals surface area contributed by atoms with Crippen molar-refractivity contribution in [2.24, 2.45) is 11.8 Å². The lowest BCUT2D eigenvalue weighted by molar-refractivity contribution is -0.146. The fourth-order valence-corrected chi connectivity index (χ4v) is 7.38. The van der Waals surface area contributed by atoms with Gasteiger partial charge in [-0.3, -0.25) is 14.4 Å². The number of hydrogen-bond acceptors (Lipinski definition) is 9. The summed E-state index contributed by atoms with van der Waals surface area (Å²) in [5.74, 6) is -3.93.